The summed E-state index contributed by atoms with van der Waals surface area (Å²) < 4.78 is 0. The van der Waals surface area contributed by atoms with Gasteiger partial charge in [-0.15, -0.1) is 0 Å². The second-order valence-corrected chi connectivity index (χ2v) is 19.0. The Morgan fingerprint density at radius 2 is 1.52 bits per heavy atom. The summed E-state index contributed by atoms with van der Waals surface area (Å²) in [4.78, 5) is 39.5. The molecule has 50 heavy (non-hydrogen) atoms. The first-order valence-electron chi connectivity index (χ1n) is 19.5. The van der Waals surface area contributed by atoms with E-state index in [2.05, 4.69) is 66.4 Å². The number of carbonyl (C=O) groups excluding carboxylic acids is 2. The molecule has 0 unspecified atom stereocenters. The van der Waals surface area contributed by atoms with Crippen LogP contribution in [0.25, 0.3) is 5.57 Å². The summed E-state index contributed by atoms with van der Waals surface area (Å²) in [7, 11) is 1.83. The summed E-state index contributed by atoms with van der Waals surface area (Å²) in [6, 6.07) is 7.52. The van der Waals surface area contributed by atoms with Gasteiger partial charge in [-0.3, -0.25) is 9.59 Å². The Hall–Kier alpha value is -2.89. The van der Waals surface area contributed by atoms with Gasteiger partial charge < -0.3 is 15.3 Å². The quantitative estimate of drug-likeness (QED) is 0.211. The third-order valence-corrected chi connectivity index (χ3v) is 16.8. The number of nitrogens with one attached hydrogen (secondary N) is 1. The Kier molecular flexibility index (Phi) is 9.12. The molecule has 5 aliphatic carbocycles. The molecule has 0 aliphatic heterocycles. The van der Waals surface area contributed by atoms with Crippen molar-refractivity contribution in [3.8, 4) is 0 Å². The zero-order valence-electron chi connectivity index (χ0n) is 32.5. The molecular weight excluding hydrogens is 620 g/mol. The first kappa shape index (κ1) is 36.9. The summed E-state index contributed by atoms with van der Waals surface area (Å²) >= 11 is 0. The van der Waals surface area contributed by atoms with Gasteiger partial charge in [0, 0.05) is 27.1 Å². The summed E-state index contributed by atoms with van der Waals surface area (Å²) in [5, 5.41) is 12.9. The van der Waals surface area contributed by atoms with E-state index in [1.807, 2.05) is 19.2 Å². The van der Waals surface area contributed by atoms with Crippen molar-refractivity contribution in [3.05, 3.63) is 53.6 Å². The molecule has 0 heterocycles. The average molecular weight is 685 g/mol. The zero-order chi connectivity index (χ0) is 36.7. The lowest BCUT2D eigenvalue weighted by Gasteiger charge is -2.75. The number of aromatic carboxylic acids is 1. The maximum absolute atomic E-state index is 14.5. The lowest BCUT2D eigenvalue weighted by Crippen LogP contribution is -2.70. The molecule has 4 fully saturated rings. The second-order valence-electron chi connectivity index (χ2n) is 19.0. The van der Waals surface area contributed by atoms with Crippen LogP contribution in [0, 0.1) is 56.2 Å². The number of carbonyl (C=O) groups is 3. The predicted molar refractivity (Wildman–Crippen MR) is 201 cm³/mol. The number of carboxylic acids is 1. The molecule has 5 aliphatic rings. The van der Waals surface area contributed by atoms with Crippen molar-refractivity contribution in [3.63, 3.8) is 0 Å². The van der Waals surface area contributed by atoms with E-state index in [0.717, 1.165) is 50.5 Å². The van der Waals surface area contributed by atoms with E-state index in [0.29, 0.717) is 36.4 Å². The zero-order valence-corrected chi connectivity index (χ0v) is 32.5. The highest BCUT2D eigenvalue weighted by molar-refractivity contribution is 5.88. The lowest BCUT2D eigenvalue weighted by molar-refractivity contribution is -0.261. The number of nitrogens with zero attached hydrogens (tertiary/aromatic N) is 1. The SMILES string of the molecule is C=C(C)[C@@H]1CC[C@]2(C(=O)NCCCN(C)C(C)=O)CC[C@@]3(C)[C@]4(C)CC[C@H]5C(C)(C)C(c6ccc(C(=O)O)cc6)=CC[C@]5(C)[C@H]4CC[C@]3(C)[C@@H]12. The Labute approximate surface area is 301 Å². The molecule has 9 atom stereocenters. The normalized spacial score (nSPS) is 39.9. The van der Waals surface area contributed by atoms with Crippen LogP contribution in [0.4, 0.5) is 0 Å². The van der Waals surface area contributed by atoms with Gasteiger partial charge in [-0.2, -0.15) is 0 Å². The third kappa shape index (κ3) is 5.11. The van der Waals surface area contributed by atoms with E-state index in [1.165, 1.54) is 30.4 Å². The van der Waals surface area contributed by atoms with Gasteiger partial charge in [0.1, 0.15) is 0 Å². The fourth-order valence-corrected chi connectivity index (χ4v) is 13.9. The molecule has 4 saturated carbocycles. The smallest absolute Gasteiger partial charge is 0.335 e. The average Bonchev–Trinajstić information content (AvgIpc) is 3.46. The topological polar surface area (TPSA) is 86.7 Å². The fourth-order valence-electron chi connectivity index (χ4n) is 13.9. The van der Waals surface area contributed by atoms with Crippen molar-refractivity contribution in [2.75, 3.05) is 20.1 Å². The van der Waals surface area contributed by atoms with Crippen molar-refractivity contribution in [1.82, 2.24) is 10.2 Å². The minimum atomic E-state index is -0.882. The number of amides is 2. The standard InChI is InChI=1S/C44H64N2O4/c1-28(2)32-16-23-44(38(50)45-26-11-27-46(10)29(3)47)25-24-43(9)41(7)21-18-34-39(4,5)33(30-12-14-31(15-13-30)37(48)49)17-20-40(34,6)35(41)19-22-42(43,8)36(32)44/h12-15,17,32,34-36H,1,11,16,18-27H2,2-10H3,(H,45,50)(H,48,49)/t32-,34-,35+,36+,40-,41+,42+,43-,44-/m0/s1. The molecule has 6 rings (SSSR count). The Morgan fingerprint density at radius 3 is 2.14 bits per heavy atom. The number of hydrogen-bond donors (Lipinski definition) is 2. The minimum absolute atomic E-state index is 0.0169. The predicted octanol–water partition coefficient (Wildman–Crippen LogP) is 9.41. The molecule has 6 nitrogen and oxygen atoms in total. The molecule has 274 valence electrons. The fraction of sp³-hybridized carbons (Fsp3) is 0.705. The van der Waals surface area contributed by atoms with E-state index in [1.54, 1.807) is 24.0 Å². The van der Waals surface area contributed by atoms with Gasteiger partial charge in [-0.25, -0.2) is 4.79 Å². The molecule has 0 spiro atoms. The van der Waals surface area contributed by atoms with Crippen LogP contribution in [0.3, 0.4) is 0 Å². The van der Waals surface area contributed by atoms with E-state index in [-0.39, 0.29) is 50.2 Å². The van der Waals surface area contributed by atoms with Crippen LogP contribution in [-0.2, 0) is 9.59 Å². The maximum atomic E-state index is 14.5. The molecule has 2 amide bonds. The van der Waals surface area contributed by atoms with Crippen LogP contribution in [0.1, 0.15) is 136 Å². The van der Waals surface area contributed by atoms with Crippen molar-refractivity contribution in [1.29, 1.82) is 0 Å². The Balaban J connectivity index is 1.31. The van der Waals surface area contributed by atoms with Crippen molar-refractivity contribution >= 4 is 23.4 Å². The number of hydrogen-bond acceptors (Lipinski definition) is 3. The number of rotatable bonds is 8. The highest BCUT2D eigenvalue weighted by atomic mass is 16.4. The number of benzene rings is 1. The van der Waals surface area contributed by atoms with Crippen LogP contribution < -0.4 is 5.32 Å². The summed E-state index contributed by atoms with van der Waals surface area (Å²) in [6.45, 7) is 24.9. The Morgan fingerprint density at radius 1 is 0.880 bits per heavy atom. The van der Waals surface area contributed by atoms with Crippen LogP contribution in [0.5, 0.6) is 0 Å². The maximum Gasteiger partial charge on any atom is 0.335 e. The summed E-state index contributed by atoms with van der Waals surface area (Å²) in [5.41, 5.74) is 4.11. The molecule has 0 saturated heterocycles. The van der Waals surface area contributed by atoms with Gasteiger partial charge in [-0.1, -0.05) is 71.9 Å². The highest BCUT2D eigenvalue weighted by Crippen LogP contribution is 2.81. The summed E-state index contributed by atoms with van der Waals surface area (Å²) in [6.07, 6.45) is 13.0. The molecule has 0 radical (unpaired) electrons. The van der Waals surface area contributed by atoms with Crippen LogP contribution >= 0.6 is 0 Å². The van der Waals surface area contributed by atoms with Crippen LogP contribution in [-0.4, -0.2) is 47.9 Å². The molecule has 0 aromatic heterocycles. The lowest BCUT2D eigenvalue weighted by atomic mass is 9.29. The first-order chi connectivity index (χ1) is 23.3. The van der Waals surface area contributed by atoms with Gasteiger partial charge >= 0.3 is 5.97 Å². The monoisotopic (exact) mass is 684 g/mol. The van der Waals surface area contributed by atoms with E-state index in [4.69, 9.17) is 0 Å². The van der Waals surface area contributed by atoms with Gasteiger partial charge in [0.05, 0.1) is 11.0 Å². The molecule has 6 heteroatoms. The minimum Gasteiger partial charge on any atom is -0.478 e. The Bertz CT molecular complexity index is 1590. The molecule has 2 N–H and O–H groups in total. The van der Waals surface area contributed by atoms with Gasteiger partial charge in [-0.05, 0) is 145 Å². The molecule has 1 aromatic rings. The van der Waals surface area contributed by atoms with E-state index in [9.17, 15) is 19.5 Å². The first-order valence-corrected chi connectivity index (χ1v) is 19.5. The van der Waals surface area contributed by atoms with Crippen molar-refractivity contribution in [2.45, 2.75) is 120 Å². The second kappa shape index (κ2) is 12.4. The molecule has 1 aromatic carbocycles. The van der Waals surface area contributed by atoms with Gasteiger partial charge in [0.2, 0.25) is 11.8 Å². The molecule has 0 bridgehead atoms. The number of carboxylic acid groups (broad SMARTS) is 1. The summed E-state index contributed by atoms with van der Waals surface area (Å²) in [5.74, 6) is 1.17. The van der Waals surface area contributed by atoms with Crippen molar-refractivity contribution in [2.24, 2.45) is 56.2 Å². The number of fused-ring (bicyclic) bond motifs is 7. The largest absolute Gasteiger partial charge is 0.478 e. The van der Waals surface area contributed by atoms with E-state index >= 15 is 0 Å². The van der Waals surface area contributed by atoms with Crippen LogP contribution in [0.15, 0.2) is 42.5 Å². The third-order valence-electron chi connectivity index (χ3n) is 16.8. The number of allylic oxidation sites excluding steroid dienone is 3. The van der Waals surface area contributed by atoms with E-state index < -0.39 is 5.97 Å². The van der Waals surface area contributed by atoms with Crippen LogP contribution in [0.2, 0.25) is 0 Å². The van der Waals surface area contributed by atoms with Gasteiger partial charge in [0.25, 0.3) is 0 Å². The van der Waals surface area contributed by atoms with Crippen molar-refractivity contribution < 1.29 is 19.5 Å². The highest BCUT2D eigenvalue weighted by Gasteiger charge is 2.75. The molecular formula is C44H64N2O4. The van der Waals surface area contributed by atoms with Gasteiger partial charge in [0.15, 0.2) is 0 Å².